The number of para-hydroxylation sites is 1. The maximum atomic E-state index is 14.4. The number of halogens is 1. The Kier molecular flexibility index (Phi) is 4.07. The second kappa shape index (κ2) is 6.69. The van der Waals surface area contributed by atoms with Crippen molar-refractivity contribution >= 4 is 11.5 Å². The van der Waals surface area contributed by atoms with Crippen molar-refractivity contribution < 1.29 is 13.9 Å². The van der Waals surface area contributed by atoms with Crippen LogP contribution in [0.25, 0.3) is 0 Å². The minimum atomic E-state index is -0.603. The summed E-state index contributed by atoms with van der Waals surface area (Å²) in [5.41, 5.74) is 1.63. The zero-order valence-electron chi connectivity index (χ0n) is 13.6. The van der Waals surface area contributed by atoms with E-state index in [-0.39, 0.29) is 18.4 Å². The molecule has 1 aromatic heterocycles. The lowest BCUT2D eigenvalue weighted by atomic mass is 10.1. The Morgan fingerprint density at radius 1 is 1.12 bits per heavy atom. The summed E-state index contributed by atoms with van der Waals surface area (Å²) in [6, 6.07) is 16.7. The third kappa shape index (κ3) is 3.00. The molecule has 0 N–H and O–H groups in total. The van der Waals surface area contributed by atoms with Crippen LogP contribution in [0.2, 0.25) is 0 Å². The molecular formula is C19H13FN4O2. The lowest BCUT2D eigenvalue weighted by molar-refractivity contribution is 0.174. The van der Waals surface area contributed by atoms with Crippen molar-refractivity contribution in [1.29, 1.82) is 5.26 Å². The van der Waals surface area contributed by atoms with Crippen molar-refractivity contribution in [3.8, 4) is 17.6 Å². The van der Waals surface area contributed by atoms with E-state index in [9.17, 15) is 4.39 Å². The number of anilines is 2. The van der Waals surface area contributed by atoms with Crippen LogP contribution in [-0.4, -0.2) is 16.8 Å². The van der Waals surface area contributed by atoms with Gasteiger partial charge < -0.3 is 14.4 Å². The Hall–Kier alpha value is -3.66. The molecule has 1 aliphatic rings. The summed E-state index contributed by atoms with van der Waals surface area (Å²) in [4.78, 5) is 9.43. The number of ether oxygens (including phenoxy) is 2. The Labute approximate surface area is 149 Å². The predicted molar refractivity (Wildman–Crippen MR) is 91.6 cm³/mol. The van der Waals surface area contributed by atoms with E-state index in [0.29, 0.717) is 18.0 Å². The zero-order chi connectivity index (χ0) is 17.9. The van der Waals surface area contributed by atoms with Gasteiger partial charge in [0.2, 0.25) is 12.6 Å². The molecule has 0 saturated carbocycles. The van der Waals surface area contributed by atoms with Crippen LogP contribution >= 0.6 is 0 Å². The molecule has 0 saturated heterocycles. The van der Waals surface area contributed by atoms with E-state index in [4.69, 9.17) is 14.7 Å². The zero-order valence-corrected chi connectivity index (χ0v) is 13.6. The van der Waals surface area contributed by atoms with E-state index in [2.05, 4.69) is 9.97 Å². The van der Waals surface area contributed by atoms with Crippen molar-refractivity contribution in [2.24, 2.45) is 0 Å². The minimum absolute atomic E-state index is 0.0421. The van der Waals surface area contributed by atoms with Gasteiger partial charge in [-0.15, -0.1) is 0 Å². The van der Waals surface area contributed by atoms with Gasteiger partial charge in [0.1, 0.15) is 6.07 Å². The third-order valence-electron chi connectivity index (χ3n) is 3.93. The number of benzene rings is 2. The van der Waals surface area contributed by atoms with Crippen molar-refractivity contribution in [2.75, 3.05) is 11.7 Å². The fraction of sp³-hybridized carbons (Fsp3) is 0.105. The summed E-state index contributed by atoms with van der Waals surface area (Å²) in [6.07, 6.45) is 1.01. The Morgan fingerprint density at radius 3 is 2.73 bits per heavy atom. The summed E-state index contributed by atoms with van der Waals surface area (Å²) in [5, 5.41) is 9.05. The number of aromatic nitrogens is 2. The molecule has 4 rings (SSSR count). The topological polar surface area (TPSA) is 71.3 Å². The van der Waals surface area contributed by atoms with E-state index in [1.54, 1.807) is 4.90 Å². The molecule has 2 aromatic carbocycles. The summed E-state index contributed by atoms with van der Waals surface area (Å²) in [5.74, 6) is 0.679. The Balaban J connectivity index is 1.76. The molecule has 0 aliphatic carbocycles. The molecule has 128 valence electrons. The van der Waals surface area contributed by atoms with Crippen LogP contribution in [0.5, 0.6) is 11.5 Å². The van der Waals surface area contributed by atoms with Gasteiger partial charge in [0, 0.05) is 12.2 Å². The Bertz CT molecular complexity index is 989. The van der Waals surface area contributed by atoms with Gasteiger partial charge in [-0.3, -0.25) is 0 Å². The second-order valence-corrected chi connectivity index (χ2v) is 5.59. The molecule has 1 aliphatic heterocycles. The number of hydrogen-bond donors (Lipinski definition) is 0. The monoisotopic (exact) mass is 348 g/mol. The highest BCUT2D eigenvalue weighted by Crippen LogP contribution is 2.34. The van der Waals surface area contributed by atoms with Crippen LogP contribution in [0.4, 0.5) is 15.9 Å². The van der Waals surface area contributed by atoms with Crippen LogP contribution < -0.4 is 14.4 Å². The van der Waals surface area contributed by atoms with Crippen molar-refractivity contribution in [3.63, 3.8) is 0 Å². The molecule has 0 radical (unpaired) electrons. The van der Waals surface area contributed by atoms with Crippen LogP contribution in [-0.2, 0) is 6.54 Å². The van der Waals surface area contributed by atoms with Gasteiger partial charge in [0.25, 0.3) is 0 Å². The molecule has 3 aromatic rings. The first kappa shape index (κ1) is 15.8. The largest absolute Gasteiger partial charge is 0.454 e. The molecule has 26 heavy (non-hydrogen) atoms. The summed E-state index contributed by atoms with van der Waals surface area (Å²) < 4.78 is 25.2. The lowest BCUT2D eigenvalue weighted by Crippen LogP contribution is -2.20. The molecule has 0 spiro atoms. The quantitative estimate of drug-likeness (QED) is 0.718. The van der Waals surface area contributed by atoms with Gasteiger partial charge in [-0.25, -0.2) is 9.37 Å². The van der Waals surface area contributed by atoms with Crippen LogP contribution in [0.3, 0.4) is 0 Å². The maximum absolute atomic E-state index is 14.4. The van der Waals surface area contributed by atoms with E-state index in [1.165, 1.54) is 0 Å². The number of hydrogen-bond acceptors (Lipinski definition) is 6. The van der Waals surface area contributed by atoms with Crippen LogP contribution in [0.1, 0.15) is 11.4 Å². The first-order valence-electron chi connectivity index (χ1n) is 7.88. The fourth-order valence-corrected chi connectivity index (χ4v) is 2.72. The lowest BCUT2D eigenvalue weighted by Gasteiger charge is -2.24. The highest BCUT2D eigenvalue weighted by atomic mass is 19.1. The van der Waals surface area contributed by atoms with Crippen molar-refractivity contribution in [1.82, 2.24) is 9.97 Å². The normalized spacial score (nSPS) is 11.8. The average molecular weight is 348 g/mol. The van der Waals surface area contributed by atoms with Gasteiger partial charge in [0.05, 0.1) is 6.20 Å². The molecule has 2 heterocycles. The molecule has 0 unspecified atom stereocenters. The molecule has 7 heteroatoms. The number of fused-ring (bicyclic) bond motifs is 1. The number of nitriles is 1. The third-order valence-corrected chi connectivity index (χ3v) is 3.93. The second-order valence-electron chi connectivity index (χ2n) is 5.59. The molecule has 0 fully saturated rings. The van der Waals surface area contributed by atoms with Gasteiger partial charge in [-0.2, -0.15) is 10.2 Å². The highest BCUT2D eigenvalue weighted by molar-refractivity contribution is 5.61. The van der Waals surface area contributed by atoms with Crippen LogP contribution in [0, 0.1) is 17.1 Å². The first-order chi connectivity index (χ1) is 12.7. The van der Waals surface area contributed by atoms with E-state index in [0.717, 1.165) is 17.4 Å². The van der Waals surface area contributed by atoms with Gasteiger partial charge >= 0.3 is 0 Å². The average Bonchev–Trinajstić information content (AvgIpc) is 3.15. The standard InChI is InChI=1S/C19H13FN4O2/c20-15-10-22-18(9-21)23-19(15)24(14-4-2-1-3-5-14)11-13-6-7-16-17(8-13)26-12-25-16/h1-8,10H,11-12H2. The smallest absolute Gasteiger partial charge is 0.234 e. The first-order valence-corrected chi connectivity index (χ1v) is 7.88. The summed E-state index contributed by atoms with van der Waals surface area (Å²) >= 11 is 0. The number of rotatable bonds is 4. The molecular weight excluding hydrogens is 335 g/mol. The van der Waals surface area contributed by atoms with E-state index >= 15 is 0 Å². The van der Waals surface area contributed by atoms with Gasteiger partial charge in [-0.05, 0) is 29.8 Å². The van der Waals surface area contributed by atoms with Crippen LogP contribution in [0.15, 0.2) is 54.7 Å². The van der Waals surface area contributed by atoms with Gasteiger partial charge in [0.15, 0.2) is 23.1 Å². The number of nitrogens with zero attached hydrogens (tertiary/aromatic N) is 4. The van der Waals surface area contributed by atoms with E-state index < -0.39 is 5.82 Å². The van der Waals surface area contributed by atoms with Gasteiger partial charge in [-0.1, -0.05) is 24.3 Å². The van der Waals surface area contributed by atoms with Crippen molar-refractivity contribution in [2.45, 2.75) is 6.54 Å². The van der Waals surface area contributed by atoms with E-state index in [1.807, 2.05) is 54.6 Å². The molecule has 0 amide bonds. The fourth-order valence-electron chi connectivity index (χ4n) is 2.72. The maximum Gasteiger partial charge on any atom is 0.234 e. The summed E-state index contributed by atoms with van der Waals surface area (Å²) in [6.45, 7) is 0.521. The highest BCUT2D eigenvalue weighted by Gasteiger charge is 2.19. The minimum Gasteiger partial charge on any atom is -0.454 e. The predicted octanol–water partition coefficient (Wildman–Crippen LogP) is 3.55. The molecule has 0 bridgehead atoms. The molecule has 6 nitrogen and oxygen atoms in total. The van der Waals surface area contributed by atoms with Crippen molar-refractivity contribution in [3.05, 3.63) is 71.9 Å². The summed E-state index contributed by atoms with van der Waals surface area (Å²) in [7, 11) is 0. The molecule has 0 atom stereocenters. The Morgan fingerprint density at radius 2 is 1.92 bits per heavy atom. The SMILES string of the molecule is N#Cc1ncc(F)c(N(Cc2ccc3c(c2)OCO3)c2ccccc2)n1.